The van der Waals surface area contributed by atoms with Gasteiger partial charge in [0.1, 0.15) is 5.69 Å². The average Bonchev–Trinajstić information content (AvgIpc) is 2.99. The fourth-order valence-corrected chi connectivity index (χ4v) is 2.18. The predicted octanol–water partition coefficient (Wildman–Crippen LogP) is 3.05. The number of hydrogen-bond donors (Lipinski definition) is 2. The molecule has 3 rings (SSSR count). The van der Waals surface area contributed by atoms with Crippen LogP contribution in [0.25, 0.3) is 22.6 Å². The number of nitrogens with one attached hydrogen (secondary N) is 1. The first-order chi connectivity index (χ1) is 10.4. The highest BCUT2D eigenvalue weighted by atomic mass is 16.4. The van der Waals surface area contributed by atoms with Crippen LogP contribution in [0.3, 0.4) is 0 Å². The second-order valence-electron chi connectivity index (χ2n) is 4.60. The molecule has 1 aromatic heterocycles. The summed E-state index contributed by atoms with van der Waals surface area (Å²) in [4.78, 5) is 4.55. The summed E-state index contributed by atoms with van der Waals surface area (Å²) >= 11 is 0. The molecule has 0 bridgehead atoms. The number of rotatable bonds is 5. The van der Waals surface area contributed by atoms with Crippen molar-refractivity contribution >= 4 is 0 Å². The molecule has 0 aliphatic rings. The van der Waals surface area contributed by atoms with Crippen LogP contribution in [0.4, 0.5) is 0 Å². The molecule has 21 heavy (non-hydrogen) atoms. The van der Waals surface area contributed by atoms with Crippen molar-refractivity contribution in [1.82, 2.24) is 10.3 Å². The fraction of sp³-hybridized carbons (Fsp3) is 0.118. The normalized spacial score (nSPS) is 10.7. The highest BCUT2D eigenvalue weighted by Gasteiger charge is 2.16. The Morgan fingerprint density at radius 3 is 2.14 bits per heavy atom. The van der Waals surface area contributed by atoms with Gasteiger partial charge in [-0.05, 0) is 0 Å². The van der Waals surface area contributed by atoms with Gasteiger partial charge in [-0.3, -0.25) is 5.32 Å². The van der Waals surface area contributed by atoms with Crippen LogP contribution in [0.15, 0.2) is 65.1 Å². The molecule has 2 N–H and O–H groups in total. The monoisotopic (exact) mass is 280 g/mol. The molecule has 3 aromatic rings. The molecule has 0 unspecified atom stereocenters. The molecule has 2 aromatic carbocycles. The van der Waals surface area contributed by atoms with Gasteiger partial charge in [-0.25, -0.2) is 4.98 Å². The molecule has 4 heteroatoms. The molecule has 0 aliphatic heterocycles. The lowest BCUT2D eigenvalue weighted by Gasteiger charge is -2.00. The summed E-state index contributed by atoms with van der Waals surface area (Å²) in [5.41, 5.74) is 2.81. The van der Waals surface area contributed by atoms with Crippen molar-refractivity contribution < 1.29 is 9.52 Å². The van der Waals surface area contributed by atoms with Crippen LogP contribution in [0.2, 0.25) is 0 Å². The highest BCUT2D eigenvalue weighted by molar-refractivity contribution is 5.76. The van der Waals surface area contributed by atoms with Gasteiger partial charge >= 0.3 is 0 Å². The van der Waals surface area contributed by atoms with Gasteiger partial charge in [0.15, 0.2) is 5.76 Å². The average molecular weight is 280 g/mol. The number of aliphatic hydroxyl groups is 1. The summed E-state index contributed by atoms with van der Waals surface area (Å²) in [5, 5.41) is 11.7. The van der Waals surface area contributed by atoms with Crippen LogP contribution in [-0.2, 0) is 6.54 Å². The van der Waals surface area contributed by atoms with Crippen LogP contribution in [0.1, 0.15) is 5.89 Å². The first-order valence-electron chi connectivity index (χ1n) is 6.80. The van der Waals surface area contributed by atoms with E-state index in [2.05, 4.69) is 10.3 Å². The molecule has 1 heterocycles. The zero-order valence-electron chi connectivity index (χ0n) is 11.5. The lowest BCUT2D eigenvalue weighted by Crippen LogP contribution is -2.13. The van der Waals surface area contributed by atoms with E-state index in [1.54, 1.807) is 0 Å². The molecule has 106 valence electrons. The topological polar surface area (TPSA) is 58.3 Å². The van der Waals surface area contributed by atoms with Crippen molar-refractivity contribution in [3.63, 3.8) is 0 Å². The van der Waals surface area contributed by atoms with Crippen LogP contribution in [0, 0.1) is 0 Å². The number of aliphatic hydroxyl groups excluding tert-OH is 1. The Morgan fingerprint density at radius 2 is 1.52 bits per heavy atom. The van der Waals surface area contributed by atoms with E-state index in [1.807, 2.05) is 60.7 Å². The van der Waals surface area contributed by atoms with Gasteiger partial charge < -0.3 is 9.52 Å². The molecule has 0 aliphatic carbocycles. The number of oxazole rings is 1. The van der Waals surface area contributed by atoms with Crippen molar-refractivity contribution in [2.75, 3.05) is 6.73 Å². The second kappa shape index (κ2) is 6.35. The Hall–Kier alpha value is -2.43. The van der Waals surface area contributed by atoms with Gasteiger partial charge in [-0.1, -0.05) is 60.7 Å². The van der Waals surface area contributed by atoms with E-state index in [0.717, 1.165) is 22.6 Å². The van der Waals surface area contributed by atoms with Gasteiger partial charge in [-0.2, -0.15) is 0 Å². The number of hydrogen-bond acceptors (Lipinski definition) is 4. The standard InChI is InChI=1S/C17H16N2O2/c20-12-18-11-15-19-16(13-7-3-1-4-8-13)17(21-15)14-9-5-2-6-10-14/h1-10,18,20H,11-12H2. The second-order valence-corrected chi connectivity index (χ2v) is 4.60. The summed E-state index contributed by atoms with van der Waals surface area (Å²) < 4.78 is 5.87. The third-order valence-corrected chi connectivity index (χ3v) is 3.14. The lowest BCUT2D eigenvalue weighted by molar-refractivity contribution is 0.253. The van der Waals surface area contributed by atoms with Crippen molar-refractivity contribution in [2.45, 2.75) is 6.54 Å². The summed E-state index contributed by atoms with van der Waals surface area (Å²) in [7, 11) is 0. The zero-order chi connectivity index (χ0) is 14.5. The van der Waals surface area contributed by atoms with E-state index in [1.165, 1.54) is 0 Å². The van der Waals surface area contributed by atoms with Gasteiger partial charge in [0.05, 0.1) is 13.3 Å². The molecular weight excluding hydrogens is 264 g/mol. The first kappa shape index (κ1) is 13.5. The van der Waals surface area contributed by atoms with Crippen molar-refractivity contribution in [3.05, 3.63) is 66.6 Å². The molecule has 0 spiro atoms. The predicted molar refractivity (Wildman–Crippen MR) is 81.3 cm³/mol. The number of benzene rings is 2. The first-order valence-corrected chi connectivity index (χ1v) is 6.80. The SMILES string of the molecule is OCNCc1nc(-c2ccccc2)c(-c2ccccc2)o1. The van der Waals surface area contributed by atoms with E-state index < -0.39 is 0 Å². The summed E-state index contributed by atoms with van der Waals surface area (Å²) in [5.74, 6) is 1.30. The van der Waals surface area contributed by atoms with Gasteiger partial charge in [0.2, 0.25) is 5.89 Å². The van der Waals surface area contributed by atoms with Crippen LogP contribution in [-0.4, -0.2) is 16.8 Å². The lowest BCUT2D eigenvalue weighted by atomic mass is 10.1. The molecule has 0 amide bonds. The smallest absolute Gasteiger partial charge is 0.209 e. The van der Waals surface area contributed by atoms with Crippen LogP contribution in [0.5, 0.6) is 0 Å². The Balaban J connectivity index is 2.06. The van der Waals surface area contributed by atoms with E-state index in [0.29, 0.717) is 12.4 Å². The molecular formula is C17H16N2O2. The minimum atomic E-state index is -0.107. The quantitative estimate of drug-likeness (QED) is 0.705. The maximum Gasteiger partial charge on any atom is 0.209 e. The van der Waals surface area contributed by atoms with E-state index in [-0.39, 0.29) is 6.73 Å². The molecule has 0 atom stereocenters. The maximum absolute atomic E-state index is 8.86. The molecule has 0 fully saturated rings. The maximum atomic E-state index is 8.86. The van der Waals surface area contributed by atoms with Crippen LogP contribution < -0.4 is 5.32 Å². The van der Waals surface area contributed by atoms with Crippen LogP contribution >= 0.6 is 0 Å². The van der Waals surface area contributed by atoms with Crippen molar-refractivity contribution in [3.8, 4) is 22.6 Å². The summed E-state index contributed by atoms with van der Waals surface area (Å²) in [6.45, 7) is 0.285. The van der Waals surface area contributed by atoms with E-state index in [4.69, 9.17) is 9.52 Å². The Kier molecular flexibility index (Phi) is 4.09. The minimum absolute atomic E-state index is 0.107. The molecule has 0 radical (unpaired) electrons. The Morgan fingerprint density at radius 1 is 0.905 bits per heavy atom. The summed E-state index contributed by atoms with van der Waals surface area (Å²) in [6.07, 6.45) is 0. The number of aromatic nitrogens is 1. The third kappa shape index (κ3) is 3.02. The van der Waals surface area contributed by atoms with E-state index >= 15 is 0 Å². The highest BCUT2D eigenvalue weighted by Crippen LogP contribution is 2.32. The molecule has 0 saturated carbocycles. The Bertz CT molecular complexity index is 636. The Labute approximate surface area is 123 Å². The minimum Gasteiger partial charge on any atom is -0.439 e. The van der Waals surface area contributed by atoms with Crippen molar-refractivity contribution in [2.24, 2.45) is 0 Å². The van der Waals surface area contributed by atoms with Gasteiger partial charge in [-0.15, -0.1) is 0 Å². The third-order valence-electron chi connectivity index (χ3n) is 3.14. The van der Waals surface area contributed by atoms with Crippen molar-refractivity contribution in [1.29, 1.82) is 0 Å². The van der Waals surface area contributed by atoms with E-state index in [9.17, 15) is 0 Å². The summed E-state index contributed by atoms with van der Waals surface area (Å²) in [6, 6.07) is 19.8. The zero-order valence-corrected chi connectivity index (χ0v) is 11.5. The number of nitrogens with zero attached hydrogens (tertiary/aromatic N) is 1. The molecule has 4 nitrogen and oxygen atoms in total. The van der Waals surface area contributed by atoms with Gasteiger partial charge in [0.25, 0.3) is 0 Å². The molecule has 0 saturated heterocycles. The fourth-order valence-electron chi connectivity index (χ4n) is 2.18. The largest absolute Gasteiger partial charge is 0.439 e. The van der Waals surface area contributed by atoms with Gasteiger partial charge in [0, 0.05) is 11.1 Å².